The summed E-state index contributed by atoms with van der Waals surface area (Å²) in [5.41, 5.74) is 1.07. The van der Waals surface area contributed by atoms with Gasteiger partial charge in [-0.3, -0.25) is 4.79 Å². The summed E-state index contributed by atoms with van der Waals surface area (Å²) >= 11 is 6.10. The van der Waals surface area contributed by atoms with E-state index in [0.29, 0.717) is 10.6 Å². The van der Waals surface area contributed by atoms with Crippen molar-refractivity contribution in [2.75, 3.05) is 0 Å². The monoisotopic (exact) mass is 474 g/mol. The van der Waals surface area contributed by atoms with E-state index < -0.39 is 23.1 Å². The van der Waals surface area contributed by atoms with E-state index in [4.69, 9.17) is 25.5 Å². The van der Waals surface area contributed by atoms with Gasteiger partial charge in [-0.2, -0.15) is 13.2 Å². The zero-order chi connectivity index (χ0) is 23.8. The van der Waals surface area contributed by atoms with Crippen molar-refractivity contribution in [2.45, 2.75) is 26.6 Å². The van der Waals surface area contributed by atoms with Crippen LogP contribution in [-0.2, 0) is 12.8 Å². The number of alkyl halides is 3. The lowest BCUT2D eigenvalue weighted by Crippen LogP contribution is -2.15. The van der Waals surface area contributed by atoms with E-state index in [0.717, 1.165) is 11.1 Å². The van der Waals surface area contributed by atoms with Crippen LogP contribution in [0.15, 0.2) is 69.9 Å². The van der Waals surface area contributed by atoms with Gasteiger partial charge in [-0.15, -0.1) is 0 Å². The van der Waals surface area contributed by atoms with Crippen LogP contribution in [0.3, 0.4) is 0 Å². The standard InChI is InChI=1S/C25H18ClF3O4/c1-14-9-15(2)11-18(10-14)32-23-22(30)19-8-7-17(12-21(19)33-24(23)25(27,28)29)31-13-16-5-3-4-6-20(16)26/h3-12H,13H2,1-2H3. The van der Waals surface area contributed by atoms with E-state index in [9.17, 15) is 18.0 Å². The summed E-state index contributed by atoms with van der Waals surface area (Å²) in [6.45, 7) is 3.64. The Balaban J connectivity index is 1.75. The molecule has 0 aliphatic rings. The van der Waals surface area contributed by atoms with Gasteiger partial charge in [0, 0.05) is 16.7 Å². The number of hydrogen-bond acceptors (Lipinski definition) is 4. The maximum atomic E-state index is 13.8. The van der Waals surface area contributed by atoms with Crippen molar-refractivity contribution in [3.63, 3.8) is 0 Å². The normalized spacial score (nSPS) is 11.6. The summed E-state index contributed by atoms with van der Waals surface area (Å²) in [7, 11) is 0. The third-order valence-electron chi connectivity index (χ3n) is 4.85. The number of benzene rings is 3. The van der Waals surface area contributed by atoms with Crippen molar-refractivity contribution in [3.8, 4) is 17.2 Å². The molecule has 0 atom stereocenters. The Bertz CT molecular complexity index is 1370. The van der Waals surface area contributed by atoms with Crippen molar-refractivity contribution in [3.05, 3.63) is 98.4 Å². The molecule has 4 rings (SSSR count). The molecule has 3 aromatic carbocycles. The highest BCUT2D eigenvalue weighted by atomic mass is 35.5. The molecule has 0 N–H and O–H groups in total. The van der Waals surface area contributed by atoms with E-state index >= 15 is 0 Å². The Morgan fingerprint density at radius 3 is 2.30 bits per heavy atom. The Hall–Kier alpha value is -3.45. The minimum absolute atomic E-state index is 0.0625. The number of aryl methyl sites for hydroxylation is 2. The summed E-state index contributed by atoms with van der Waals surface area (Å²) in [5.74, 6) is -2.09. The molecule has 0 saturated heterocycles. The highest BCUT2D eigenvalue weighted by molar-refractivity contribution is 6.31. The maximum Gasteiger partial charge on any atom is 0.453 e. The first kappa shape index (κ1) is 22.7. The molecule has 0 aliphatic carbocycles. The van der Waals surface area contributed by atoms with Crippen LogP contribution in [0.4, 0.5) is 13.2 Å². The zero-order valence-electron chi connectivity index (χ0n) is 17.6. The van der Waals surface area contributed by atoms with Gasteiger partial charge in [-0.25, -0.2) is 0 Å². The van der Waals surface area contributed by atoms with Crippen molar-refractivity contribution in [1.29, 1.82) is 0 Å². The largest absolute Gasteiger partial charge is 0.489 e. The summed E-state index contributed by atoms with van der Waals surface area (Å²) in [4.78, 5) is 13.0. The molecule has 0 saturated carbocycles. The Morgan fingerprint density at radius 2 is 1.64 bits per heavy atom. The second-order valence-corrected chi connectivity index (χ2v) is 7.96. The molecule has 4 nitrogen and oxygen atoms in total. The predicted molar refractivity (Wildman–Crippen MR) is 119 cm³/mol. The van der Waals surface area contributed by atoms with Gasteiger partial charge in [0.1, 0.15) is 23.7 Å². The molecule has 8 heteroatoms. The van der Waals surface area contributed by atoms with Crippen molar-refractivity contribution < 1.29 is 27.1 Å². The summed E-state index contributed by atoms with van der Waals surface area (Å²) < 4.78 is 57.5. The van der Waals surface area contributed by atoms with Gasteiger partial charge in [0.2, 0.25) is 11.2 Å². The average Bonchev–Trinajstić information content (AvgIpc) is 2.73. The lowest BCUT2D eigenvalue weighted by atomic mass is 10.1. The van der Waals surface area contributed by atoms with Crippen LogP contribution >= 0.6 is 11.6 Å². The fraction of sp³-hybridized carbons (Fsp3) is 0.160. The van der Waals surface area contributed by atoms with E-state index in [1.807, 2.05) is 6.07 Å². The smallest absolute Gasteiger partial charge is 0.453 e. The highest BCUT2D eigenvalue weighted by Crippen LogP contribution is 2.39. The molecule has 1 aromatic heterocycles. The van der Waals surface area contributed by atoms with Gasteiger partial charge >= 0.3 is 6.18 Å². The number of rotatable bonds is 5. The first-order valence-electron chi connectivity index (χ1n) is 9.92. The average molecular weight is 475 g/mol. The Kier molecular flexibility index (Phi) is 6.08. The molecule has 0 bridgehead atoms. The molecule has 0 spiro atoms. The maximum absolute atomic E-state index is 13.8. The molecule has 4 aromatic rings. The second-order valence-electron chi connectivity index (χ2n) is 7.55. The van der Waals surface area contributed by atoms with Crippen molar-refractivity contribution >= 4 is 22.6 Å². The van der Waals surface area contributed by atoms with Gasteiger partial charge in [-0.1, -0.05) is 35.9 Å². The quantitative estimate of drug-likeness (QED) is 0.301. The minimum Gasteiger partial charge on any atom is -0.489 e. The first-order chi connectivity index (χ1) is 15.6. The molecule has 0 unspecified atom stereocenters. The van der Waals surface area contributed by atoms with Crippen LogP contribution in [0.1, 0.15) is 22.5 Å². The third-order valence-corrected chi connectivity index (χ3v) is 5.22. The highest BCUT2D eigenvalue weighted by Gasteiger charge is 2.40. The Morgan fingerprint density at radius 1 is 0.939 bits per heavy atom. The van der Waals surface area contributed by atoms with Crippen molar-refractivity contribution in [1.82, 2.24) is 0 Å². The molecule has 0 aliphatic heterocycles. The predicted octanol–water partition coefficient (Wildman–Crippen LogP) is 7.45. The van der Waals surface area contributed by atoms with E-state index in [2.05, 4.69) is 0 Å². The molecular formula is C25H18ClF3O4. The number of halogens is 4. The fourth-order valence-corrected chi connectivity index (χ4v) is 3.60. The minimum atomic E-state index is -4.95. The Labute approximate surface area is 192 Å². The topological polar surface area (TPSA) is 48.7 Å². The molecule has 0 amide bonds. The number of hydrogen-bond donors (Lipinski definition) is 0. The van der Waals surface area contributed by atoms with Crippen LogP contribution in [0.2, 0.25) is 5.02 Å². The molecule has 0 fully saturated rings. The summed E-state index contributed by atoms with van der Waals surface area (Å²) in [5, 5.41) is 0.435. The fourth-order valence-electron chi connectivity index (χ4n) is 3.41. The van der Waals surface area contributed by atoms with Gasteiger partial charge in [-0.05, 0) is 55.3 Å². The van der Waals surface area contributed by atoms with Gasteiger partial charge in [0.25, 0.3) is 5.76 Å². The van der Waals surface area contributed by atoms with Crippen LogP contribution in [-0.4, -0.2) is 0 Å². The summed E-state index contributed by atoms with van der Waals surface area (Å²) in [6.07, 6.45) is -4.95. The lowest BCUT2D eigenvalue weighted by molar-refractivity contribution is -0.154. The van der Waals surface area contributed by atoms with Gasteiger partial charge in [0.15, 0.2) is 0 Å². The second kappa shape index (κ2) is 8.83. The van der Waals surface area contributed by atoms with Crippen LogP contribution in [0, 0.1) is 13.8 Å². The zero-order valence-corrected chi connectivity index (χ0v) is 18.4. The number of fused-ring (bicyclic) bond motifs is 1. The third kappa shape index (κ3) is 4.98. The summed E-state index contributed by atoms with van der Waals surface area (Å²) in [6, 6.07) is 16.0. The van der Waals surface area contributed by atoms with Gasteiger partial charge in [0.05, 0.1) is 5.39 Å². The van der Waals surface area contributed by atoms with E-state index in [-0.39, 0.29) is 29.1 Å². The lowest BCUT2D eigenvalue weighted by Gasteiger charge is -2.14. The molecular weight excluding hydrogens is 457 g/mol. The SMILES string of the molecule is Cc1cc(C)cc(Oc2c(C(F)(F)F)oc3cc(OCc4ccccc4Cl)ccc3c2=O)c1. The van der Waals surface area contributed by atoms with E-state index in [1.165, 1.54) is 18.2 Å². The van der Waals surface area contributed by atoms with Crippen LogP contribution in [0.25, 0.3) is 11.0 Å². The van der Waals surface area contributed by atoms with Crippen molar-refractivity contribution in [2.24, 2.45) is 0 Å². The first-order valence-corrected chi connectivity index (χ1v) is 10.3. The number of ether oxygens (including phenoxy) is 2. The molecule has 170 valence electrons. The molecule has 0 radical (unpaired) electrons. The molecule has 33 heavy (non-hydrogen) atoms. The van der Waals surface area contributed by atoms with Crippen LogP contribution < -0.4 is 14.9 Å². The van der Waals surface area contributed by atoms with Gasteiger partial charge < -0.3 is 13.9 Å². The molecule has 1 heterocycles. The van der Waals surface area contributed by atoms with Crippen LogP contribution in [0.5, 0.6) is 17.2 Å². The van der Waals surface area contributed by atoms with E-state index in [1.54, 1.807) is 50.2 Å².